The van der Waals surface area contributed by atoms with Crippen molar-refractivity contribution in [3.63, 3.8) is 0 Å². The van der Waals surface area contributed by atoms with Crippen molar-refractivity contribution in [2.75, 3.05) is 18.6 Å². The van der Waals surface area contributed by atoms with E-state index in [1.165, 1.54) is 16.3 Å². The summed E-state index contributed by atoms with van der Waals surface area (Å²) < 4.78 is 8.73. The van der Waals surface area contributed by atoms with Crippen LogP contribution in [0.15, 0.2) is 69.3 Å². The molecule has 2 N–H and O–H groups in total. The number of rotatable bonds is 8. The normalized spacial score (nSPS) is 10.9. The Morgan fingerprint density at radius 1 is 1.09 bits per heavy atom. The Balaban J connectivity index is 1.60. The first-order valence-electron chi connectivity index (χ1n) is 10.1. The maximum atomic E-state index is 13.1. The number of hydrogen-bond acceptors (Lipinski definition) is 9. The number of ketones is 1. The molecule has 0 amide bonds. The van der Waals surface area contributed by atoms with Crippen molar-refractivity contribution in [3.8, 4) is 11.4 Å². The van der Waals surface area contributed by atoms with Crippen LogP contribution < -0.4 is 21.7 Å². The van der Waals surface area contributed by atoms with E-state index < -0.39 is 17.0 Å². The van der Waals surface area contributed by atoms with E-state index in [1.54, 1.807) is 31.4 Å². The number of anilines is 1. The topological polar surface area (TPSA) is 140 Å². The standard InChI is InChI=1S/C22H21N7O4S/c1-27-20(31)18(19(23)28(22(27)32)12-14-6-4-3-5-7-14)17(30)13-34-21-24-25-26-29(21)15-8-10-16(33-2)11-9-15/h3-11H,12-13,23H2,1-2H3. The van der Waals surface area contributed by atoms with Crippen LogP contribution in [0.4, 0.5) is 5.82 Å². The number of tetrazole rings is 1. The fraction of sp³-hybridized carbons (Fsp3) is 0.182. The van der Waals surface area contributed by atoms with Crippen molar-refractivity contribution < 1.29 is 9.53 Å². The maximum Gasteiger partial charge on any atom is 0.332 e. The first kappa shape index (κ1) is 23.0. The van der Waals surface area contributed by atoms with Crippen LogP contribution in [0.5, 0.6) is 5.75 Å². The molecule has 0 fully saturated rings. The number of methoxy groups -OCH3 is 1. The fourth-order valence-corrected chi connectivity index (χ4v) is 4.08. The van der Waals surface area contributed by atoms with Gasteiger partial charge in [0.2, 0.25) is 5.16 Å². The van der Waals surface area contributed by atoms with Crippen LogP contribution in [0.3, 0.4) is 0 Å². The zero-order chi connectivity index (χ0) is 24.2. The van der Waals surface area contributed by atoms with Gasteiger partial charge in [0.25, 0.3) is 5.56 Å². The number of benzene rings is 2. The monoisotopic (exact) mass is 479 g/mol. The van der Waals surface area contributed by atoms with Gasteiger partial charge in [-0.05, 0) is 40.3 Å². The Kier molecular flexibility index (Phi) is 6.59. The Bertz CT molecular complexity index is 1440. The SMILES string of the molecule is COc1ccc(-n2nnnc2SCC(=O)c2c(N)n(Cc3ccccc3)c(=O)n(C)c2=O)cc1. The van der Waals surface area contributed by atoms with E-state index in [9.17, 15) is 14.4 Å². The first-order chi connectivity index (χ1) is 16.4. The molecular weight excluding hydrogens is 458 g/mol. The number of thioether (sulfide) groups is 1. The van der Waals surface area contributed by atoms with Crippen LogP contribution in [0, 0.1) is 0 Å². The molecule has 0 radical (unpaired) electrons. The van der Waals surface area contributed by atoms with E-state index >= 15 is 0 Å². The Morgan fingerprint density at radius 2 is 1.79 bits per heavy atom. The molecule has 174 valence electrons. The second-order valence-corrected chi connectivity index (χ2v) is 8.20. The molecule has 12 heteroatoms. The number of aromatic nitrogens is 6. The molecule has 4 rings (SSSR count). The van der Waals surface area contributed by atoms with E-state index in [-0.39, 0.29) is 23.7 Å². The largest absolute Gasteiger partial charge is 0.497 e. The van der Waals surface area contributed by atoms with Crippen molar-refractivity contribution in [2.24, 2.45) is 7.05 Å². The number of ether oxygens (including phenoxy) is 1. The Labute approximate surface area is 197 Å². The van der Waals surface area contributed by atoms with Gasteiger partial charge < -0.3 is 10.5 Å². The Hall–Kier alpha value is -4.19. The summed E-state index contributed by atoms with van der Waals surface area (Å²) in [5.74, 6) is -0.177. The number of nitrogen functional groups attached to an aromatic ring is 1. The van der Waals surface area contributed by atoms with Crippen molar-refractivity contribution in [1.29, 1.82) is 0 Å². The van der Waals surface area contributed by atoms with Crippen LogP contribution in [0.25, 0.3) is 5.69 Å². The molecule has 0 aliphatic carbocycles. The number of carbonyl (C=O) groups excluding carboxylic acids is 1. The minimum absolute atomic E-state index is 0.128. The van der Waals surface area contributed by atoms with Crippen molar-refractivity contribution in [3.05, 3.63) is 86.6 Å². The summed E-state index contributed by atoms with van der Waals surface area (Å²) in [6.45, 7) is 0.128. The number of Topliss-reactive ketones (excluding diaryl/α,β-unsaturated/α-hetero) is 1. The van der Waals surface area contributed by atoms with Gasteiger partial charge in [-0.2, -0.15) is 4.68 Å². The highest BCUT2D eigenvalue weighted by atomic mass is 32.2. The highest BCUT2D eigenvalue weighted by Crippen LogP contribution is 2.21. The van der Waals surface area contributed by atoms with E-state index in [1.807, 2.05) is 30.3 Å². The lowest BCUT2D eigenvalue weighted by Crippen LogP contribution is -2.43. The molecule has 0 atom stereocenters. The lowest BCUT2D eigenvalue weighted by molar-refractivity contribution is 0.102. The van der Waals surface area contributed by atoms with Gasteiger partial charge in [-0.25, -0.2) is 4.79 Å². The molecule has 2 aromatic carbocycles. The molecule has 2 heterocycles. The second-order valence-electron chi connectivity index (χ2n) is 7.26. The minimum Gasteiger partial charge on any atom is -0.497 e. The highest BCUT2D eigenvalue weighted by Gasteiger charge is 2.23. The Morgan fingerprint density at radius 3 is 2.47 bits per heavy atom. The molecule has 0 saturated heterocycles. The summed E-state index contributed by atoms with van der Waals surface area (Å²) in [4.78, 5) is 38.5. The summed E-state index contributed by atoms with van der Waals surface area (Å²) in [7, 11) is 2.89. The molecule has 2 aromatic heterocycles. The quantitative estimate of drug-likeness (QED) is 0.291. The molecule has 0 aliphatic heterocycles. The van der Waals surface area contributed by atoms with Gasteiger partial charge in [0, 0.05) is 7.05 Å². The van der Waals surface area contributed by atoms with E-state index in [2.05, 4.69) is 15.5 Å². The van der Waals surface area contributed by atoms with Gasteiger partial charge in [-0.15, -0.1) is 5.10 Å². The molecule has 4 aromatic rings. The summed E-state index contributed by atoms with van der Waals surface area (Å²) in [5, 5.41) is 12.0. The lowest BCUT2D eigenvalue weighted by Gasteiger charge is -2.14. The van der Waals surface area contributed by atoms with Gasteiger partial charge in [0.05, 0.1) is 25.1 Å². The third-order valence-corrected chi connectivity index (χ3v) is 6.06. The van der Waals surface area contributed by atoms with Crippen LogP contribution in [0.1, 0.15) is 15.9 Å². The first-order valence-corrected chi connectivity index (χ1v) is 11.1. The molecule has 0 aliphatic rings. The third kappa shape index (κ3) is 4.48. The highest BCUT2D eigenvalue weighted by molar-refractivity contribution is 7.99. The molecule has 34 heavy (non-hydrogen) atoms. The van der Waals surface area contributed by atoms with Crippen LogP contribution in [-0.4, -0.2) is 48.0 Å². The van der Waals surface area contributed by atoms with Crippen LogP contribution in [0.2, 0.25) is 0 Å². The van der Waals surface area contributed by atoms with Crippen molar-refractivity contribution >= 4 is 23.4 Å². The summed E-state index contributed by atoms with van der Waals surface area (Å²) in [5.41, 5.74) is 6.06. The molecule has 11 nitrogen and oxygen atoms in total. The van der Waals surface area contributed by atoms with Gasteiger partial charge in [-0.3, -0.25) is 18.7 Å². The number of hydrogen-bond donors (Lipinski definition) is 1. The van der Waals surface area contributed by atoms with Crippen LogP contribution >= 0.6 is 11.8 Å². The van der Waals surface area contributed by atoms with E-state index in [0.29, 0.717) is 16.6 Å². The maximum absolute atomic E-state index is 13.1. The van der Waals surface area contributed by atoms with Gasteiger partial charge in [0.15, 0.2) is 5.78 Å². The fourth-order valence-electron chi connectivity index (χ4n) is 3.32. The summed E-state index contributed by atoms with van der Waals surface area (Å²) in [6, 6.07) is 16.2. The second kappa shape index (κ2) is 9.75. The van der Waals surface area contributed by atoms with E-state index in [4.69, 9.17) is 10.5 Å². The van der Waals surface area contributed by atoms with Gasteiger partial charge >= 0.3 is 5.69 Å². The number of nitrogens with zero attached hydrogens (tertiary/aromatic N) is 6. The van der Waals surface area contributed by atoms with E-state index in [0.717, 1.165) is 21.9 Å². The molecule has 0 spiro atoms. The van der Waals surface area contributed by atoms with Gasteiger partial charge in [-0.1, -0.05) is 42.1 Å². The molecule has 0 bridgehead atoms. The zero-order valence-electron chi connectivity index (χ0n) is 18.4. The van der Waals surface area contributed by atoms with Gasteiger partial charge in [0.1, 0.15) is 17.1 Å². The molecular formula is C22H21N7O4S. The number of nitrogens with two attached hydrogens (primary N) is 1. The smallest absolute Gasteiger partial charge is 0.332 e. The number of carbonyl (C=O) groups is 1. The zero-order valence-corrected chi connectivity index (χ0v) is 19.2. The predicted molar refractivity (Wildman–Crippen MR) is 127 cm³/mol. The summed E-state index contributed by atoms with van der Waals surface area (Å²) in [6.07, 6.45) is 0. The van der Waals surface area contributed by atoms with Crippen LogP contribution in [-0.2, 0) is 13.6 Å². The van der Waals surface area contributed by atoms with Crippen molar-refractivity contribution in [1.82, 2.24) is 29.3 Å². The summed E-state index contributed by atoms with van der Waals surface area (Å²) >= 11 is 1.05. The lowest BCUT2D eigenvalue weighted by atomic mass is 10.2. The molecule has 0 unspecified atom stereocenters. The predicted octanol–water partition coefficient (Wildman–Crippen LogP) is 1.14. The average Bonchev–Trinajstić information content (AvgIpc) is 3.33. The minimum atomic E-state index is -0.743. The average molecular weight is 480 g/mol. The molecule has 0 saturated carbocycles. The third-order valence-electron chi connectivity index (χ3n) is 5.14. The van der Waals surface area contributed by atoms with Crippen molar-refractivity contribution in [2.45, 2.75) is 11.7 Å².